The Balaban J connectivity index is 2.43. The van der Waals surface area contributed by atoms with Gasteiger partial charge in [0.2, 0.25) is 0 Å². The van der Waals surface area contributed by atoms with Crippen LogP contribution < -0.4 is 9.46 Å². The quantitative estimate of drug-likeness (QED) is 0.794. The highest BCUT2D eigenvalue weighted by Gasteiger charge is 2.38. The van der Waals surface area contributed by atoms with Crippen molar-refractivity contribution >= 4 is 15.9 Å². The maximum absolute atomic E-state index is 13.1. The molecule has 26 heavy (non-hydrogen) atoms. The Morgan fingerprint density at radius 1 is 1.15 bits per heavy atom. The normalized spacial score (nSPS) is 11.9. The molecule has 1 N–H and O–H groups in total. The number of hydrogen-bond acceptors (Lipinski definition) is 4. The van der Waals surface area contributed by atoms with Crippen molar-refractivity contribution in [2.75, 3.05) is 6.61 Å². The Morgan fingerprint density at radius 2 is 1.81 bits per heavy atom. The van der Waals surface area contributed by atoms with Crippen molar-refractivity contribution in [3.8, 4) is 5.75 Å². The number of hydrogen-bond donors (Lipinski definition) is 1. The van der Waals surface area contributed by atoms with Crippen LogP contribution in [0.2, 0.25) is 0 Å². The summed E-state index contributed by atoms with van der Waals surface area (Å²) >= 11 is 0. The standard InChI is InChI=1S/C16H13F4NO4S/c1-2-25-13-6-4-3-5-11(13)15(22)21-26(23,24)14-8-7-10(17)9-12(14)16(18,19)20/h3-9H,2H2,1H3,(H,21,22). The first kappa shape index (κ1) is 19.7. The van der Waals surface area contributed by atoms with Gasteiger partial charge in [0.15, 0.2) is 0 Å². The predicted molar refractivity (Wildman–Crippen MR) is 83.7 cm³/mol. The number of amides is 1. The second-order valence-electron chi connectivity index (χ2n) is 5.00. The first-order chi connectivity index (χ1) is 12.1. The van der Waals surface area contributed by atoms with Crippen LogP contribution >= 0.6 is 0 Å². The van der Waals surface area contributed by atoms with Crippen molar-refractivity contribution in [2.24, 2.45) is 0 Å². The molecule has 0 saturated heterocycles. The molecule has 0 fully saturated rings. The van der Waals surface area contributed by atoms with Crippen LogP contribution in [-0.2, 0) is 16.2 Å². The number of ether oxygens (including phenoxy) is 1. The van der Waals surface area contributed by atoms with E-state index in [9.17, 15) is 30.8 Å². The topological polar surface area (TPSA) is 72.5 Å². The molecule has 10 heteroatoms. The number of para-hydroxylation sites is 1. The summed E-state index contributed by atoms with van der Waals surface area (Å²) in [6.07, 6.45) is -5.13. The largest absolute Gasteiger partial charge is 0.493 e. The molecule has 0 saturated carbocycles. The van der Waals surface area contributed by atoms with Gasteiger partial charge in [0, 0.05) is 0 Å². The third kappa shape index (κ3) is 4.31. The van der Waals surface area contributed by atoms with Crippen molar-refractivity contribution in [3.05, 3.63) is 59.4 Å². The van der Waals surface area contributed by atoms with Gasteiger partial charge in [0.25, 0.3) is 15.9 Å². The number of nitrogens with one attached hydrogen (secondary N) is 1. The average Bonchev–Trinajstić information content (AvgIpc) is 2.54. The summed E-state index contributed by atoms with van der Waals surface area (Å²) in [4.78, 5) is 11.0. The predicted octanol–water partition coefficient (Wildman–Crippen LogP) is 3.36. The van der Waals surface area contributed by atoms with E-state index in [-0.39, 0.29) is 24.0 Å². The van der Waals surface area contributed by atoms with Crippen LogP contribution in [0.3, 0.4) is 0 Å². The summed E-state index contributed by atoms with van der Waals surface area (Å²) in [6, 6.07) is 6.69. The number of carbonyl (C=O) groups is 1. The van der Waals surface area contributed by atoms with E-state index in [0.29, 0.717) is 12.1 Å². The van der Waals surface area contributed by atoms with Crippen molar-refractivity contribution < 1.29 is 35.5 Å². The summed E-state index contributed by atoms with van der Waals surface area (Å²) in [7, 11) is -4.91. The summed E-state index contributed by atoms with van der Waals surface area (Å²) in [6.45, 7) is 1.83. The summed E-state index contributed by atoms with van der Waals surface area (Å²) < 4.78 is 83.5. The summed E-state index contributed by atoms with van der Waals surface area (Å²) in [5.74, 6) is -2.37. The minimum Gasteiger partial charge on any atom is -0.493 e. The number of alkyl halides is 3. The van der Waals surface area contributed by atoms with Gasteiger partial charge in [-0.25, -0.2) is 17.5 Å². The third-order valence-electron chi connectivity index (χ3n) is 3.20. The highest BCUT2D eigenvalue weighted by Crippen LogP contribution is 2.34. The number of sulfonamides is 1. The van der Waals surface area contributed by atoms with E-state index >= 15 is 0 Å². The van der Waals surface area contributed by atoms with Gasteiger partial charge in [-0.05, 0) is 37.3 Å². The molecule has 0 aliphatic heterocycles. The average molecular weight is 391 g/mol. The first-order valence-electron chi connectivity index (χ1n) is 7.22. The van der Waals surface area contributed by atoms with Gasteiger partial charge in [-0.2, -0.15) is 13.2 Å². The molecule has 2 rings (SSSR count). The summed E-state index contributed by atoms with van der Waals surface area (Å²) in [5, 5.41) is 0. The summed E-state index contributed by atoms with van der Waals surface area (Å²) in [5.41, 5.74) is -1.88. The molecule has 0 unspecified atom stereocenters. The molecule has 0 aliphatic rings. The third-order valence-corrected chi connectivity index (χ3v) is 4.58. The first-order valence-corrected chi connectivity index (χ1v) is 8.70. The van der Waals surface area contributed by atoms with Gasteiger partial charge < -0.3 is 4.74 Å². The fourth-order valence-corrected chi connectivity index (χ4v) is 3.30. The van der Waals surface area contributed by atoms with Crippen LogP contribution in [-0.4, -0.2) is 20.9 Å². The van der Waals surface area contributed by atoms with Crippen molar-refractivity contribution in [1.29, 1.82) is 0 Å². The second-order valence-corrected chi connectivity index (χ2v) is 6.65. The van der Waals surface area contributed by atoms with Gasteiger partial charge in [-0.3, -0.25) is 4.79 Å². The van der Waals surface area contributed by atoms with Crippen LogP contribution in [0, 0.1) is 5.82 Å². The molecular formula is C16H13F4NO4S. The molecule has 1 amide bonds. The fraction of sp³-hybridized carbons (Fsp3) is 0.188. The number of carbonyl (C=O) groups excluding carboxylic acids is 1. The van der Waals surface area contributed by atoms with Crippen molar-refractivity contribution in [2.45, 2.75) is 18.0 Å². The monoisotopic (exact) mass is 391 g/mol. The zero-order valence-electron chi connectivity index (χ0n) is 13.3. The van der Waals surface area contributed by atoms with E-state index in [1.54, 1.807) is 11.6 Å². The molecule has 0 radical (unpaired) electrons. The minimum absolute atomic E-state index is 0.0488. The number of halogens is 4. The Morgan fingerprint density at radius 3 is 2.42 bits per heavy atom. The molecule has 0 heterocycles. The molecule has 2 aromatic carbocycles. The number of rotatable bonds is 5. The molecule has 0 spiro atoms. The van der Waals surface area contributed by atoms with Crippen molar-refractivity contribution in [3.63, 3.8) is 0 Å². The molecule has 0 bridgehead atoms. The van der Waals surface area contributed by atoms with Gasteiger partial charge in [-0.1, -0.05) is 12.1 Å². The fourth-order valence-electron chi connectivity index (χ4n) is 2.13. The molecule has 2 aromatic rings. The van der Waals surface area contributed by atoms with Gasteiger partial charge in [-0.15, -0.1) is 0 Å². The van der Waals surface area contributed by atoms with E-state index in [4.69, 9.17) is 4.74 Å². The lowest BCUT2D eigenvalue weighted by Gasteiger charge is -2.15. The minimum atomic E-state index is -5.13. The van der Waals surface area contributed by atoms with E-state index in [1.165, 1.54) is 24.3 Å². The Hall–Kier alpha value is -2.62. The highest BCUT2D eigenvalue weighted by atomic mass is 32.2. The number of benzene rings is 2. The molecular weight excluding hydrogens is 378 g/mol. The highest BCUT2D eigenvalue weighted by molar-refractivity contribution is 7.90. The Bertz CT molecular complexity index is 926. The second kappa shape index (κ2) is 7.32. The molecule has 140 valence electrons. The lowest BCUT2D eigenvalue weighted by atomic mass is 10.2. The van der Waals surface area contributed by atoms with Crippen LogP contribution in [0.15, 0.2) is 47.4 Å². The van der Waals surface area contributed by atoms with Crippen LogP contribution in [0.25, 0.3) is 0 Å². The smallest absolute Gasteiger partial charge is 0.417 e. The van der Waals surface area contributed by atoms with Gasteiger partial charge in [0.1, 0.15) is 11.6 Å². The Kier molecular flexibility index (Phi) is 5.55. The molecule has 0 atom stereocenters. The Labute approximate surface area is 146 Å². The molecule has 0 aromatic heterocycles. The lowest BCUT2D eigenvalue weighted by Crippen LogP contribution is -2.32. The molecule has 5 nitrogen and oxygen atoms in total. The van der Waals surface area contributed by atoms with Crippen molar-refractivity contribution in [1.82, 2.24) is 4.72 Å². The maximum Gasteiger partial charge on any atom is 0.417 e. The van der Waals surface area contributed by atoms with Gasteiger partial charge >= 0.3 is 6.18 Å². The van der Waals surface area contributed by atoms with Crippen LogP contribution in [0.5, 0.6) is 5.75 Å². The SMILES string of the molecule is CCOc1ccccc1C(=O)NS(=O)(=O)c1ccc(F)cc1C(F)(F)F. The van der Waals surface area contributed by atoms with Crippen LogP contribution in [0.1, 0.15) is 22.8 Å². The van der Waals surface area contributed by atoms with E-state index in [1.807, 2.05) is 0 Å². The maximum atomic E-state index is 13.1. The van der Waals surface area contributed by atoms with E-state index < -0.39 is 38.4 Å². The zero-order valence-corrected chi connectivity index (χ0v) is 14.1. The van der Waals surface area contributed by atoms with E-state index in [0.717, 1.165) is 0 Å². The molecule has 0 aliphatic carbocycles. The van der Waals surface area contributed by atoms with E-state index in [2.05, 4.69) is 0 Å². The van der Waals surface area contributed by atoms with Crippen LogP contribution in [0.4, 0.5) is 17.6 Å². The lowest BCUT2D eigenvalue weighted by molar-refractivity contribution is -0.140. The zero-order chi connectivity index (χ0) is 19.5. The van der Waals surface area contributed by atoms with Gasteiger partial charge in [0.05, 0.1) is 22.6 Å².